The molecule has 0 amide bonds. The molecular formula is C7H9N3O. The molecule has 1 aliphatic carbocycles. The first-order valence-electron chi connectivity index (χ1n) is 3.57. The van der Waals surface area contributed by atoms with Gasteiger partial charge in [0.05, 0.1) is 6.33 Å². The summed E-state index contributed by atoms with van der Waals surface area (Å²) in [6.07, 6.45) is 3.92. The lowest BCUT2D eigenvalue weighted by Gasteiger charge is -1.90. The van der Waals surface area contributed by atoms with E-state index >= 15 is 0 Å². The number of hydrogen-bond acceptors (Lipinski definition) is 3. The third-order valence-electron chi connectivity index (χ3n) is 1.93. The number of nitrogens with zero attached hydrogens (tertiary/aromatic N) is 1. The van der Waals surface area contributed by atoms with Crippen molar-refractivity contribution in [1.29, 1.82) is 0 Å². The number of carbonyl (C=O) groups is 1. The van der Waals surface area contributed by atoms with Crippen LogP contribution >= 0.6 is 0 Å². The largest absolute Gasteiger partial charge is 0.350 e. The van der Waals surface area contributed by atoms with Gasteiger partial charge in [0.25, 0.3) is 0 Å². The van der Waals surface area contributed by atoms with E-state index in [9.17, 15) is 4.79 Å². The van der Waals surface area contributed by atoms with E-state index < -0.39 is 0 Å². The quantitative estimate of drug-likeness (QED) is 0.581. The Morgan fingerprint density at radius 1 is 1.82 bits per heavy atom. The van der Waals surface area contributed by atoms with Crippen molar-refractivity contribution < 1.29 is 4.79 Å². The van der Waals surface area contributed by atoms with E-state index in [0.717, 1.165) is 6.42 Å². The molecule has 1 aromatic heterocycles. The second-order valence-electron chi connectivity index (χ2n) is 2.82. The fraction of sp³-hybridized carbons (Fsp3) is 0.429. The molecule has 0 radical (unpaired) electrons. The molecule has 4 heteroatoms. The van der Waals surface area contributed by atoms with Gasteiger partial charge in [-0.2, -0.15) is 0 Å². The van der Waals surface area contributed by atoms with Crippen LogP contribution in [0.15, 0.2) is 12.5 Å². The SMILES string of the molecule is N[C@@H]1C[C@H]1C(=O)c1c[nH]cn1. The minimum Gasteiger partial charge on any atom is -0.350 e. The molecule has 0 unspecified atom stereocenters. The summed E-state index contributed by atoms with van der Waals surface area (Å²) in [4.78, 5) is 17.9. The Kier molecular flexibility index (Phi) is 1.29. The summed E-state index contributed by atoms with van der Waals surface area (Å²) in [5, 5.41) is 0. The molecule has 0 aliphatic heterocycles. The van der Waals surface area contributed by atoms with Gasteiger partial charge in [0.1, 0.15) is 5.69 Å². The normalized spacial score (nSPS) is 28.5. The number of aromatic amines is 1. The van der Waals surface area contributed by atoms with Crippen molar-refractivity contribution in [1.82, 2.24) is 9.97 Å². The molecule has 2 rings (SSSR count). The van der Waals surface area contributed by atoms with Crippen LogP contribution in [0.5, 0.6) is 0 Å². The summed E-state index contributed by atoms with van der Waals surface area (Å²) >= 11 is 0. The third-order valence-corrected chi connectivity index (χ3v) is 1.93. The predicted octanol–water partition coefficient (Wildman–Crippen LogP) is -0.0604. The second-order valence-corrected chi connectivity index (χ2v) is 2.82. The molecule has 1 heterocycles. The van der Waals surface area contributed by atoms with Crippen LogP contribution in [0.2, 0.25) is 0 Å². The summed E-state index contributed by atoms with van der Waals surface area (Å²) in [6.45, 7) is 0. The number of ketones is 1. The van der Waals surface area contributed by atoms with Gasteiger partial charge in [-0.1, -0.05) is 0 Å². The van der Waals surface area contributed by atoms with E-state index in [1.807, 2.05) is 0 Å². The van der Waals surface area contributed by atoms with Gasteiger partial charge >= 0.3 is 0 Å². The van der Waals surface area contributed by atoms with Crippen molar-refractivity contribution in [3.8, 4) is 0 Å². The maximum absolute atomic E-state index is 11.3. The van der Waals surface area contributed by atoms with Crippen LogP contribution in [0, 0.1) is 5.92 Å². The van der Waals surface area contributed by atoms with Gasteiger partial charge in [-0.15, -0.1) is 0 Å². The first-order valence-corrected chi connectivity index (χ1v) is 3.57. The summed E-state index contributed by atoms with van der Waals surface area (Å²) in [6, 6.07) is 0.0687. The molecule has 1 aliphatic rings. The van der Waals surface area contributed by atoms with Crippen molar-refractivity contribution in [2.45, 2.75) is 12.5 Å². The van der Waals surface area contributed by atoms with Gasteiger partial charge < -0.3 is 10.7 Å². The Balaban J connectivity index is 2.13. The van der Waals surface area contributed by atoms with Gasteiger partial charge in [0, 0.05) is 18.2 Å². The second kappa shape index (κ2) is 2.17. The molecule has 1 fully saturated rings. The first kappa shape index (κ1) is 6.54. The van der Waals surface area contributed by atoms with Crippen molar-refractivity contribution in [3.05, 3.63) is 18.2 Å². The Bertz CT molecular complexity index is 267. The Morgan fingerprint density at radius 3 is 3.00 bits per heavy atom. The van der Waals surface area contributed by atoms with E-state index in [0.29, 0.717) is 5.69 Å². The van der Waals surface area contributed by atoms with Crippen molar-refractivity contribution in [3.63, 3.8) is 0 Å². The Hall–Kier alpha value is -1.16. The monoisotopic (exact) mass is 151 g/mol. The van der Waals surface area contributed by atoms with E-state index in [1.54, 1.807) is 6.20 Å². The summed E-state index contributed by atoms with van der Waals surface area (Å²) in [5.74, 6) is 0.0945. The number of H-pyrrole nitrogens is 1. The molecule has 1 aromatic rings. The van der Waals surface area contributed by atoms with Gasteiger partial charge in [-0.3, -0.25) is 4.79 Å². The Morgan fingerprint density at radius 2 is 2.55 bits per heavy atom. The highest BCUT2D eigenvalue weighted by Crippen LogP contribution is 2.30. The number of Topliss-reactive ketones (excluding diaryl/α,β-unsaturated/α-hetero) is 1. The summed E-state index contributed by atoms with van der Waals surface area (Å²) in [7, 11) is 0. The fourth-order valence-corrected chi connectivity index (χ4v) is 1.10. The number of nitrogens with one attached hydrogen (secondary N) is 1. The minimum absolute atomic E-state index is 0.0262. The highest BCUT2D eigenvalue weighted by Gasteiger charge is 2.40. The first-order chi connectivity index (χ1) is 5.29. The molecule has 11 heavy (non-hydrogen) atoms. The molecule has 3 N–H and O–H groups in total. The average Bonchev–Trinajstić information content (AvgIpc) is 2.56. The summed E-state index contributed by atoms with van der Waals surface area (Å²) in [5.41, 5.74) is 6.02. The molecule has 0 spiro atoms. The topological polar surface area (TPSA) is 71.8 Å². The predicted molar refractivity (Wildman–Crippen MR) is 39.0 cm³/mol. The molecule has 58 valence electrons. The maximum atomic E-state index is 11.3. The maximum Gasteiger partial charge on any atom is 0.187 e. The standard InChI is InChI=1S/C7H9N3O/c8-5-1-4(5)7(11)6-2-9-3-10-6/h2-5H,1,8H2,(H,9,10)/t4-,5-/m1/s1. The van der Waals surface area contributed by atoms with E-state index in [-0.39, 0.29) is 17.7 Å². The molecule has 0 aromatic carbocycles. The van der Waals surface area contributed by atoms with Crippen LogP contribution in [-0.4, -0.2) is 21.8 Å². The number of hydrogen-bond donors (Lipinski definition) is 2. The van der Waals surface area contributed by atoms with Crippen LogP contribution < -0.4 is 5.73 Å². The number of nitrogens with two attached hydrogens (primary N) is 1. The van der Waals surface area contributed by atoms with Crippen LogP contribution in [0.1, 0.15) is 16.9 Å². The molecule has 1 saturated carbocycles. The molecular weight excluding hydrogens is 142 g/mol. The molecule has 0 saturated heterocycles. The zero-order valence-electron chi connectivity index (χ0n) is 5.95. The molecule has 0 bridgehead atoms. The van der Waals surface area contributed by atoms with Gasteiger partial charge in [0.2, 0.25) is 0 Å². The lowest BCUT2D eigenvalue weighted by atomic mass is 10.2. The van der Waals surface area contributed by atoms with Gasteiger partial charge in [0.15, 0.2) is 5.78 Å². The fourth-order valence-electron chi connectivity index (χ4n) is 1.10. The lowest BCUT2D eigenvalue weighted by molar-refractivity contribution is 0.0961. The smallest absolute Gasteiger partial charge is 0.187 e. The van der Waals surface area contributed by atoms with Crippen LogP contribution in [0.25, 0.3) is 0 Å². The van der Waals surface area contributed by atoms with Crippen LogP contribution in [0.3, 0.4) is 0 Å². The van der Waals surface area contributed by atoms with Gasteiger partial charge in [-0.05, 0) is 6.42 Å². The van der Waals surface area contributed by atoms with Crippen molar-refractivity contribution >= 4 is 5.78 Å². The molecule has 4 nitrogen and oxygen atoms in total. The van der Waals surface area contributed by atoms with Crippen molar-refractivity contribution in [2.75, 3.05) is 0 Å². The number of imidazole rings is 1. The van der Waals surface area contributed by atoms with Crippen LogP contribution in [0.4, 0.5) is 0 Å². The summed E-state index contributed by atoms with van der Waals surface area (Å²) < 4.78 is 0. The zero-order chi connectivity index (χ0) is 7.84. The average molecular weight is 151 g/mol. The number of rotatable bonds is 2. The number of aromatic nitrogens is 2. The highest BCUT2D eigenvalue weighted by atomic mass is 16.1. The zero-order valence-corrected chi connectivity index (χ0v) is 5.95. The van der Waals surface area contributed by atoms with Crippen molar-refractivity contribution in [2.24, 2.45) is 11.7 Å². The number of carbonyl (C=O) groups excluding carboxylic acids is 1. The minimum atomic E-state index is 0.0262. The van der Waals surface area contributed by atoms with E-state index in [4.69, 9.17) is 5.73 Å². The Labute approximate surface area is 63.8 Å². The highest BCUT2D eigenvalue weighted by molar-refractivity contribution is 5.98. The lowest BCUT2D eigenvalue weighted by Crippen LogP contribution is -2.10. The van der Waals surface area contributed by atoms with E-state index in [2.05, 4.69) is 9.97 Å². The van der Waals surface area contributed by atoms with E-state index in [1.165, 1.54) is 6.33 Å². The third kappa shape index (κ3) is 1.05. The molecule has 2 atom stereocenters. The van der Waals surface area contributed by atoms with Crippen LogP contribution in [-0.2, 0) is 0 Å². The van der Waals surface area contributed by atoms with Gasteiger partial charge in [-0.25, -0.2) is 4.98 Å².